The number of benzene rings is 2. The van der Waals surface area contributed by atoms with E-state index in [2.05, 4.69) is 31.9 Å². The van der Waals surface area contributed by atoms with Crippen LogP contribution in [0.25, 0.3) is 0 Å². The van der Waals surface area contributed by atoms with Gasteiger partial charge in [-0.05, 0) is 36.1 Å². The molecule has 0 N–H and O–H groups in total. The lowest BCUT2D eigenvalue weighted by Gasteiger charge is -2.55. The zero-order chi connectivity index (χ0) is 21.4. The first-order chi connectivity index (χ1) is 14.2. The van der Waals surface area contributed by atoms with Crippen LogP contribution in [0.2, 0.25) is 0 Å². The number of likely N-dealkylation sites (tertiary alicyclic amines) is 1. The number of halogens is 2. The Bertz CT molecular complexity index is 990. The third kappa shape index (κ3) is 2.31. The van der Waals surface area contributed by atoms with Crippen LogP contribution in [0.4, 0.5) is 0 Å². The first-order valence-corrected chi connectivity index (χ1v) is 11.4. The Morgan fingerprint density at radius 3 is 1.60 bits per heavy atom. The Labute approximate surface area is 191 Å². The molecule has 4 aliphatic rings. The summed E-state index contributed by atoms with van der Waals surface area (Å²) in [5.41, 5.74) is 3.87. The van der Waals surface area contributed by atoms with Crippen LogP contribution >= 0.6 is 31.9 Å². The highest BCUT2D eigenvalue weighted by Crippen LogP contribution is 2.70. The van der Waals surface area contributed by atoms with Crippen LogP contribution < -0.4 is 0 Å². The lowest BCUT2D eigenvalue weighted by atomic mass is 9.54. The molecule has 0 radical (unpaired) electrons. The maximum absolute atomic E-state index is 13.6. The van der Waals surface area contributed by atoms with Gasteiger partial charge < -0.3 is 4.74 Å². The molecule has 2 atom stereocenters. The average Bonchev–Trinajstić information content (AvgIpc) is 2.97. The number of carbonyl (C=O) groups is 3. The van der Waals surface area contributed by atoms with Crippen molar-refractivity contribution in [1.29, 1.82) is 0 Å². The molecule has 2 amide bonds. The molecular weight excluding hydrogens is 514 g/mol. The quantitative estimate of drug-likeness (QED) is 0.342. The van der Waals surface area contributed by atoms with Gasteiger partial charge in [-0.3, -0.25) is 19.3 Å². The molecule has 3 aliphatic carbocycles. The van der Waals surface area contributed by atoms with Crippen molar-refractivity contribution in [3.8, 4) is 0 Å². The highest BCUT2D eigenvalue weighted by Gasteiger charge is 2.72. The summed E-state index contributed by atoms with van der Waals surface area (Å²) in [4.78, 5) is 40.5. The SMILES string of the molecule is CC(C)OC(=O)CN1C(=O)[C@@H]2[C@@H](C1=O)C1(Br)c3ccccc3C2(Br)c2ccccc21. The van der Waals surface area contributed by atoms with Crippen LogP contribution in [0.3, 0.4) is 0 Å². The number of nitrogens with zero attached hydrogens (tertiary/aromatic N) is 1. The summed E-state index contributed by atoms with van der Waals surface area (Å²) < 4.78 is 3.51. The maximum atomic E-state index is 13.6. The van der Waals surface area contributed by atoms with Gasteiger partial charge >= 0.3 is 5.97 Å². The fourth-order valence-corrected chi connectivity index (χ4v) is 7.61. The number of hydrogen-bond acceptors (Lipinski definition) is 4. The number of rotatable bonds is 3. The molecule has 7 heteroatoms. The minimum absolute atomic E-state index is 0.317. The zero-order valence-corrected chi connectivity index (χ0v) is 19.6. The second kappa shape index (κ2) is 6.50. The fourth-order valence-electron chi connectivity index (χ4n) is 5.31. The highest BCUT2D eigenvalue weighted by atomic mass is 79.9. The van der Waals surface area contributed by atoms with Gasteiger partial charge in [-0.2, -0.15) is 0 Å². The summed E-state index contributed by atoms with van der Waals surface area (Å²) in [5, 5.41) is 0. The van der Waals surface area contributed by atoms with Gasteiger partial charge in [0.1, 0.15) is 6.54 Å². The number of ether oxygens (including phenoxy) is 1. The predicted molar refractivity (Wildman–Crippen MR) is 117 cm³/mol. The summed E-state index contributed by atoms with van der Waals surface area (Å²) in [6, 6.07) is 15.8. The van der Waals surface area contributed by atoms with E-state index >= 15 is 0 Å². The minimum Gasteiger partial charge on any atom is -0.462 e. The molecule has 2 aromatic rings. The molecule has 0 aromatic heterocycles. The molecule has 1 fully saturated rings. The van der Waals surface area contributed by atoms with Crippen LogP contribution in [0.1, 0.15) is 36.1 Å². The van der Waals surface area contributed by atoms with Crippen molar-refractivity contribution < 1.29 is 19.1 Å². The van der Waals surface area contributed by atoms with Crippen molar-refractivity contribution in [2.24, 2.45) is 11.8 Å². The molecule has 2 bridgehead atoms. The Hall–Kier alpha value is -1.99. The lowest BCUT2D eigenvalue weighted by molar-refractivity contribution is -0.155. The first-order valence-electron chi connectivity index (χ1n) is 9.84. The summed E-state index contributed by atoms with van der Waals surface area (Å²) in [7, 11) is 0. The molecule has 0 spiro atoms. The van der Waals surface area contributed by atoms with E-state index in [4.69, 9.17) is 4.74 Å². The third-order valence-electron chi connectivity index (χ3n) is 6.33. The van der Waals surface area contributed by atoms with E-state index in [1.54, 1.807) is 13.8 Å². The molecule has 0 unspecified atom stereocenters. The smallest absolute Gasteiger partial charge is 0.326 e. The number of amides is 2. The second-order valence-corrected chi connectivity index (χ2v) is 10.8. The van der Waals surface area contributed by atoms with E-state index in [1.165, 1.54) is 0 Å². The normalized spacial score (nSPS) is 30.9. The maximum Gasteiger partial charge on any atom is 0.326 e. The predicted octanol–water partition coefficient (Wildman–Crippen LogP) is 3.84. The van der Waals surface area contributed by atoms with Crippen molar-refractivity contribution in [2.45, 2.75) is 28.6 Å². The monoisotopic (exact) mass is 531 g/mol. The Kier molecular flexibility index (Phi) is 4.32. The molecule has 5 nitrogen and oxygen atoms in total. The van der Waals surface area contributed by atoms with Crippen LogP contribution in [0.15, 0.2) is 48.5 Å². The van der Waals surface area contributed by atoms with Crippen molar-refractivity contribution in [1.82, 2.24) is 4.90 Å². The highest BCUT2D eigenvalue weighted by molar-refractivity contribution is 9.10. The van der Waals surface area contributed by atoms with Crippen molar-refractivity contribution >= 4 is 49.6 Å². The van der Waals surface area contributed by atoms with E-state index in [-0.39, 0.29) is 24.5 Å². The van der Waals surface area contributed by atoms with Crippen LogP contribution in [0.5, 0.6) is 0 Å². The van der Waals surface area contributed by atoms with E-state index in [0.717, 1.165) is 27.2 Å². The largest absolute Gasteiger partial charge is 0.462 e. The Morgan fingerprint density at radius 1 is 0.900 bits per heavy atom. The van der Waals surface area contributed by atoms with Gasteiger partial charge in [0.05, 0.1) is 26.6 Å². The Morgan fingerprint density at radius 2 is 1.27 bits per heavy atom. The van der Waals surface area contributed by atoms with Gasteiger partial charge in [-0.1, -0.05) is 80.4 Å². The first kappa shape index (κ1) is 19.9. The summed E-state index contributed by atoms with van der Waals surface area (Å²) in [5.74, 6) is -2.62. The number of alkyl halides is 2. The Balaban J connectivity index is 1.70. The van der Waals surface area contributed by atoms with E-state index < -0.39 is 26.5 Å². The minimum atomic E-state index is -0.843. The van der Waals surface area contributed by atoms with E-state index in [0.29, 0.717) is 0 Å². The van der Waals surface area contributed by atoms with Crippen molar-refractivity contribution in [3.63, 3.8) is 0 Å². The summed E-state index contributed by atoms with van der Waals surface area (Å²) in [6.07, 6.45) is -0.317. The fraction of sp³-hybridized carbons (Fsp3) is 0.348. The number of esters is 1. The van der Waals surface area contributed by atoms with Crippen molar-refractivity contribution in [3.05, 3.63) is 70.8 Å². The standard InChI is InChI=1S/C23H19Br2NO4/c1-12(2)30-17(27)11-26-20(28)18-19(21(26)29)23(25)14-8-4-3-7-13(14)22(18,24)15-9-5-6-10-16(15)23/h3-10,12,18-19H,11H2,1-2H3/t18-,19-,22?,23?/m0/s1. The van der Waals surface area contributed by atoms with E-state index in [1.807, 2.05) is 48.5 Å². The number of hydrogen-bond donors (Lipinski definition) is 0. The lowest BCUT2D eigenvalue weighted by Crippen LogP contribution is -2.56. The van der Waals surface area contributed by atoms with Gasteiger partial charge in [-0.15, -0.1) is 0 Å². The molecule has 1 heterocycles. The van der Waals surface area contributed by atoms with Crippen LogP contribution in [-0.2, 0) is 27.8 Å². The zero-order valence-electron chi connectivity index (χ0n) is 16.4. The molecule has 2 aromatic carbocycles. The topological polar surface area (TPSA) is 63.7 Å². The summed E-state index contributed by atoms with van der Waals surface area (Å²) in [6.45, 7) is 3.10. The molecule has 1 aliphatic heterocycles. The molecule has 0 saturated carbocycles. The number of carbonyl (C=O) groups excluding carboxylic acids is 3. The second-order valence-electron chi connectivity index (χ2n) is 8.27. The number of imide groups is 1. The molecule has 6 rings (SSSR count). The van der Waals surface area contributed by atoms with Gasteiger partial charge in [0.2, 0.25) is 11.8 Å². The average molecular weight is 533 g/mol. The summed E-state index contributed by atoms with van der Waals surface area (Å²) >= 11 is 7.85. The van der Waals surface area contributed by atoms with Gasteiger partial charge in [0.25, 0.3) is 0 Å². The van der Waals surface area contributed by atoms with Crippen LogP contribution in [-0.4, -0.2) is 35.3 Å². The van der Waals surface area contributed by atoms with Gasteiger partial charge in [0.15, 0.2) is 0 Å². The van der Waals surface area contributed by atoms with Gasteiger partial charge in [0, 0.05) is 0 Å². The molecule has 30 heavy (non-hydrogen) atoms. The molecular formula is C23H19Br2NO4. The van der Waals surface area contributed by atoms with Crippen molar-refractivity contribution in [2.75, 3.05) is 6.54 Å². The van der Waals surface area contributed by atoms with Gasteiger partial charge in [-0.25, -0.2) is 0 Å². The third-order valence-corrected chi connectivity index (χ3v) is 9.03. The van der Waals surface area contributed by atoms with Crippen LogP contribution in [0, 0.1) is 11.8 Å². The van der Waals surface area contributed by atoms with E-state index in [9.17, 15) is 14.4 Å². The molecule has 1 saturated heterocycles. The molecule has 154 valence electrons.